The van der Waals surface area contributed by atoms with Crippen molar-refractivity contribution in [2.45, 2.75) is 12.8 Å². The van der Waals surface area contributed by atoms with E-state index in [9.17, 15) is 0 Å². The number of hydrogen-bond donors (Lipinski definition) is 1. The highest BCUT2D eigenvalue weighted by Crippen LogP contribution is 2.29. The van der Waals surface area contributed by atoms with E-state index >= 15 is 0 Å². The van der Waals surface area contributed by atoms with E-state index in [1.165, 1.54) is 19.2 Å². The first-order valence-corrected chi connectivity index (χ1v) is 5.50. The van der Waals surface area contributed by atoms with Gasteiger partial charge in [-0.15, -0.1) is 0 Å². The molecule has 0 spiro atoms. The number of hydrogen-bond acceptors (Lipinski definition) is 4. The molecule has 0 atom stereocenters. The zero-order valence-electron chi connectivity index (χ0n) is 8.89. The van der Waals surface area contributed by atoms with Crippen molar-refractivity contribution in [3.05, 3.63) is 30.9 Å². The van der Waals surface area contributed by atoms with Crippen molar-refractivity contribution >= 4 is 5.82 Å². The predicted molar refractivity (Wildman–Crippen MR) is 60.9 cm³/mol. The van der Waals surface area contributed by atoms with Gasteiger partial charge in [0.15, 0.2) is 12.2 Å². The van der Waals surface area contributed by atoms with Crippen LogP contribution in [-0.4, -0.2) is 16.5 Å². The number of rotatable bonds is 4. The lowest BCUT2D eigenvalue weighted by atomic mass is 10.2. The van der Waals surface area contributed by atoms with Gasteiger partial charge in [-0.25, -0.2) is 9.97 Å². The van der Waals surface area contributed by atoms with Crippen molar-refractivity contribution in [1.29, 1.82) is 0 Å². The molecule has 0 saturated heterocycles. The number of oxazole rings is 1. The summed E-state index contributed by atoms with van der Waals surface area (Å²) in [5.74, 6) is 2.52. The number of pyridine rings is 1. The average molecular weight is 215 g/mol. The Kier molecular flexibility index (Phi) is 2.33. The molecule has 1 aliphatic rings. The van der Waals surface area contributed by atoms with Crippen molar-refractivity contribution in [2.24, 2.45) is 5.92 Å². The van der Waals surface area contributed by atoms with Gasteiger partial charge in [-0.2, -0.15) is 0 Å². The molecule has 0 unspecified atom stereocenters. The molecule has 4 heteroatoms. The fourth-order valence-electron chi connectivity index (χ4n) is 1.61. The molecule has 2 aromatic rings. The summed E-state index contributed by atoms with van der Waals surface area (Å²) in [4.78, 5) is 8.18. The summed E-state index contributed by atoms with van der Waals surface area (Å²) >= 11 is 0. The molecule has 2 heterocycles. The first-order valence-electron chi connectivity index (χ1n) is 5.50. The highest BCUT2D eigenvalue weighted by atomic mass is 16.3. The Morgan fingerprint density at radius 1 is 1.44 bits per heavy atom. The molecule has 0 amide bonds. The second kappa shape index (κ2) is 3.96. The maximum atomic E-state index is 5.25. The molecule has 1 fully saturated rings. The molecule has 1 N–H and O–H groups in total. The molecule has 82 valence electrons. The third-order valence-electron chi connectivity index (χ3n) is 2.75. The van der Waals surface area contributed by atoms with Crippen LogP contribution in [0, 0.1) is 5.92 Å². The van der Waals surface area contributed by atoms with Gasteiger partial charge in [-0.3, -0.25) is 0 Å². The van der Waals surface area contributed by atoms with E-state index in [-0.39, 0.29) is 0 Å². The quantitative estimate of drug-likeness (QED) is 0.851. The lowest BCUT2D eigenvalue weighted by Gasteiger charge is -2.04. The summed E-state index contributed by atoms with van der Waals surface area (Å²) in [5.41, 5.74) is 1.01. The third kappa shape index (κ3) is 2.05. The second-order valence-corrected chi connectivity index (χ2v) is 4.12. The van der Waals surface area contributed by atoms with Gasteiger partial charge < -0.3 is 9.73 Å². The molecule has 0 aliphatic heterocycles. The van der Waals surface area contributed by atoms with Crippen LogP contribution in [0.5, 0.6) is 0 Å². The average Bonchev–Trinajstić information content (AvgIpc) is 2.99. The summed E-state index contributed by atoms with van der Waals surface area (Å²) in [6.45, 7) is 1.02. The zero-order valence-corrected chi connectivity index (χ0v) is 8.89. The number of anilines is 1. The van der Waals surface area contributed by atoms with Gasteiger partial charge >= 0.3 is 0 Å². The van der Waals surface area contributed by atoms with Crippen molar-refractivity contribution in [3.8, 4) is 11.3 Å². The van der Waals surface area contributed by atoms with Gasteiger partial charge in [0.05, 0.1) is 6.20 Å². The summed E-state index contributed by atoms with van der Waals surface area (Å²) in [7, 11) is 0. The van der Waals surface area contributed by atoms with Crippen LogP contribution >= 0.6 is 0 Å². The maximum absolute atomic E-state index is 5.25. The molecule has 4 nitrogen and oxygen atoms in total. The Bertz CT molecular complexity index is 463. The van der Waals surface area contributed by atoms with E-state index in [1.807, 2.05) is 12.1 Å². The summed E-state index contributed by atoms with van der Waals surface area (Å²) in [5, 5.41) is 3.34. The second-order valence-electron chi connectivity index (χ2n) is 4.12. The number of nitrogens with one attached hydrogen (secondary N) is 1. The van der Waals surface area contributed by atoms with Crippen molar-refractivity contribution in [2.75, 3.05) is 11.9 Å². The minimum Gasteiger partial charge on any atom is -0.444 e. The molecule has 1 saturated carbocycles. The fraction of sp³-hybridized carbons (Fsp3) is 0.333. The summed E-state index contributed by atoms with van der Waals surface area (Å²) in [6, 6.07) is 3.91. The first-order chi connectivity index (χ1) is 7.92. The normalized spacial score (nSPS) is 15.0. The van der Waals surface area contributed by atoms with E-state index in [2.05, 4.69) is 15.3 Å². The summed E-state index contributed by atoms with van der Waals surface area (Å²) < 4.78 is 5.25. The van der Waals surface area contributed by atoms with E-state index < -0.39 is 0 Å². The molecule has 2 aromatic heterocycles. The van der Waals surface area contributed by atoms with Gasteiger partial charge in [0.1, 0.15) is 5.82 Å². The van der Waals surface area contributed by atoms with Gasteiger partial charge in [0.25, 0.3) is 0 Å². The molecule has 16 heavy (non-hydrogen) atoms. The van der Waals surface area contributed by atoms with Gasteiger partial charge in [-0.05, 0) is 30.9 Å². The monoisotopic (exact) mass is 215 g/mol. The first kappa shape index (κ1) is 9.39. The van der Waals surface area contributed by atoms with Crippen LogP contribution in [0.1, 0.15) is 12.8 Å². The zero-order chi connectivity index (χ0) is 10.8. The third-order valence-corrected chi connectivity index (χ3v) is 2.75. The topological polar surface area (TPSA) is 51.0 Å². The Morgan fingerprint density at radius 2 is 2.38 bits per heavy atom. The Morgan fingerprint density at radius 3 is 3.12 bits per heavy atom. The molecule has 1 aliphatic carbocycles. The van der Waals surface area contributed by atoms with Gasteiger partial charge in [0, 0.05) is 18.3 Å². The smallest absolute Gasteiger partial charge is 0.181 e. The largest absolute Gasteiger partial charge is 0.444 e. The van der Waals surface area contributed by atoms with E-state index in [1.54, 1.807) is 12.4 Å². The minimum absolute atomic E-state index is 0.775. The molecule has 0 bridgehead atoms. The lowest BCUT2D eigenvalue weighted by molar-refractivity contribution is 0.572. The number of aromatic nitrogens is 2. The van der Waals surface area contributed by atoms with Crippen LogP contribution in [-0.2, 0) is 0 Å². The minimum atomic E-state index is 0.775. The molecule has 0 aromatic carbocycles. The Balaban J connectivity index is 1.76. The van der Waals surface area contributed by atoms with Crippen molar-refractivity contribution < 1.29 is 4.42 Å². The van der Waals surface area contributed by atoms with Crippen LogP contribution in [0.25, 0.3) is 11.3 Å². The van der Waals surface area contributed by atoms with Crippen molar-refractivity contribution in [3.63, 3.8) is 0 Å². The van der Waals surface area contributed by atoms with Crippen LogP contribution in [0.2, 0.25) is 0 Å². The SMILES string of the molecule is c1cc(-c2cnco2)cc(NCC2CC2)n1. The molecular weight excluding hydrogens is 202 g/mol. The highest BCUT2D eigenvalue weighted by molar-refractivity contribution is 5.60. The van der Waals surface area contributed by atoms with E-state index in [0.717, 1.165) is 29.6 Å². The van der Waals surface area contributed by atoms with E-state index in [0.29, 0.717) is 0 Å². The standard InChI is InChI=1S/C12H13N3O/c1-2-9(1)6-15-12-5-10(3-4-14-12)11-7-13-8-16-11/h3-5,7-9H,1-2,6H2,(H,14,15). The molecular formula is C12H13N3O. The lowest BCUT2D eigenvalue weighted by Crippen LogP contribution is -2.04. The van der Waals surface area contributed by atoms with E-state index in [4.69, 9.17) is 4.42 Å². The maximum Gasteiger partial charge on any atom is 0.181 e. The van der Waals surface area contributed by atoms with Crippen LogP contribution in [0.3, 0.4) is 0 Å². The van der Waals surface area contributed by atoms with Gasteiger partial charge in [0.2, 0.25) is 0 Å². The Hall–Kier alpha value is -1.84. The Labute approximate surface area is 93.7 Å². The molecule has 3 rings (SSSR count). The molecule has 0 radical (unpaired) electrons. The van der Waals surface area contributed by atoms with Crippen molar-refractivity contribution in [1.82, 2.24) is 9.97 Å². The van der Waals surface area contributed by atoms with Crippen LogP contribution in [0.15, 0.2) is 35.3 Å². The number of nitrogens with zero attached hydrogens (tertiary/aromatic N) is 2. The predicted octanol–water partition coefficient (Wildman–Crippen LogP) is 2.56. The fourth-order valence-corrected chi connectivity index (χ4v) is 1.61. The van der Waals surface area contributed by atoms with Crippen LogP contribution < -0.4 is 5.32 Å². The van der Waals surface area contributed by atoms with Gasteiger partial charge in [-0.1, -0.05) is 0 Å². The summed E-state index contributed by atoms with van der Waals surface area (Å²) in [6.07, 6.45) is 7.61. The highest BCUT2D eigenvalue weighted by Gasteiger charge is 2.20. The van der Waals surface area contributed by atoms with Crippen LogP contribution in [0.4, 0.5) is 5.82 Å².